The molecule has 0 aromatic rings. The van der Waals surface area contributed by atoms with Crippen LogP contribution in [0.15, 0.2) is 22.9 Å². The Kier molecular flexibility index (Phi) is 8.92. The third-order valence-electron chi connectivity index (χ3n) is 5.15. The van der Waals surface area contributed by atoms with E-state index in [1.54, 1.807) is 6.92 Å². The normalized spacial score (nSPS) is 19.2. The molecule has 0 aromatic carbocycles. The second-order valence-electron chi connectivity index (χ2n) is 8.18. The number of hydrogen-bond acceptors (Lipinski definition) is 4. The molecule has 1 atom stereocenters. The molecule has 0 N–H and O–H groups in total. The van der Waals surface area contributed by atoms with E-state index in [0.29, 0.717) is 5.92 Å². The quantitative estimate of drug-likeness (QED) is 0.321. The summed E-state index contributed by atoms with van der Waals surface area (Å²) < 4.78 is 5.08. The van der Waals surface area contributed by atoms with Gasteiger partial charge in [-0.1, -0.05) is 47.0 Å². The number of esters is 1. The molecule has 26 heavy (non-hydrogen) atoms. The highest BCUT2D eigenvalue weighted by molar-refractivity contribution is 5.94. The maximum absolute atomic E-state index is 12.2. The summed E-state index contributed by atoms with van der Waals surface area (Å²) in [5, 5.41) is 9.50. The number of carbonyl (C=O) groups is 1. The van der Waals surface area contributed by atoms with Crippen molar-refractivity contribution in [1.82, 2.24) is 4.90 Å². The molecule has 4 nitrogen and oxygen atoms in total. The molecule has 0 aliphatic heterocycles. The summed E-state index contributed by atoms with van der Waals surface area (Å²) >= 11 is 0. The molecule has 0 saturated heterocycles. The van der Waals surface area contributed by atoms with Gasteiger partial charge in [0.2, 0.25) is 0 Å². The summed E-state index contributed by atoms with van der Waals surface area (Å²) in [6, 6.07) is 2.08. The smallest absolute Gasteiger partial charge is 0.349 e. The number of nitriles is 1. The van der Waals surface area contributed by atoms with E-state index in [2.05, 4.69) is 45.7 Å². The average Bonchev–Trinajstić information content (AvgIpc) is 2.57. The summed E-state index contributed by atoms with van der Waals surface area (Å²) in [4.78, 5) is 14.5. The standard InChI is InChI=1S/C22H36N2O2/c1-7-10-11-17(8-2)16-24(6)19-12-18(13-22(4,5)14-19)20(15-23)21(25)26-9-3/h12,17H,7-11,13-14,16H2,1-6H3. The number of unbranched alkanes of at least 4 members (excludes halogenated alkanes) is 1. The van der Waals surface area contributed by atoms with Gasteiger partial charge >= 0.3 is 5.97 Å². The van der Waals surface area contributed by atoms with Crippen molar-refractivity contribution in [3.8, 4) is 6.07 Å². The van der Waals surface area contributed by atoms with E-state index in [1.807, 2.05) is 6.08 Å². The molecule has 4 heteroatoms. The molecule has 0 heterocycles. The molecule has 1 unspecified atom stereocenters. The maximum atomic E-state index is 12.2. The lowest BCUT2D eigenvalue weighted by atomic mass is 9.75. The summed E-state index contributed by atoms with van der Waals surface area (Å²) in [6.07, 6.45) is 8.65. The largest absolute Gasteiger partial charge is 0.462 e. The van der Waals surface area contributed by atoms with Crippen molar-refractivity contribution in [3.05, 3.63) is 22.9 Å². The van der Waals surface area contributed by atoms with Crippen molar-refractivity contribution in [2.45, 2.75) is 73.1 Å². The monoisotopic (exact) mass is 360 g/mol. The number of hydrogen-bond donors (Lipinski definition) is 0. The van der Waals surface area contributed by atoms with E-state index in [0.717, 1.165) is 25.0 Å². The van der Waals surface area contributed by atoms with Gasteiger partial charge in [0.25, 0.3) is 0 Å². The van der Waals surface area contributed by atoms with Crippen LogP contribution in [-0.4, -0.2) is 31.1 Å². The van der Waals surface area contributed by atoms with Gasteiger partial charge < -0.3 is 9.64 Å². The van der Waals surface area contributed by atoms with E-state index in [1.165, 1.54) is 31.4 Å². The molecule has 0 amide bonds. The highest BCUT2D eigenvalue weighted by atomic mass is 16.5. The van der Waals surface area contributed by atoms with Crippen LogP contribution in [0.5, 0.6) is 0 Å². The molecule has 1 aliphatic carbocycles. The summed E-state index contributed by atoms with van der Waals surface area (Å²) in [5.74, 6) is 0.175. The highest BCUT2D eigenvalue weighted by Crippen LogP contribution is 2.40. The Labute approximate surface area is 159 Å². The molecule has 146 valence electrons. The van der Waals surface area contributed by atoms with Crippen molar-refractivity contribution in [3.63, 3.8) is 0 Å². The van der Waals surface area contributed by atoms with Gasteiger partial charge in [-0.3, -0.25) is 0 Å². The first-order valence-corrected chi connectivity index (χ1v) is 10.00. The van der Waals surface area contributed by atoms with Crippen LogP contribution in [0.1, 0.15) is 73.1 Å². The van der Waals surface area contributed by atoms with Crippen molar-refractivity contribution < 1.29 is 9.53 Å². The summed E-state index contributed by atoms with van der Waals surface area (Å²) in [7, 11) is 2.13. The van der Waals surface area contributed by atoms with Crippen LogP contribution in [0.25, 0.3) is 0 Å². The Bertz CT molecular complexity index is 581. The SMILES string of the molecule is CCCCC(CC)CN(C)C1=CC(=C(C#N)C(=O)OCC)CC(C)(C)C1. The highest BCUT2D eigenvalue weighted by Gasteiger charge is 2.30. The van der Waals surface area contributed by atoms with Gasteiger partial charge in [-0.05, 0) is 49.2 Å². The summed E-state index contributed by atoms with van der Waals surface area (Å²) in [6.45, 7) is 12.0. The van der Waals surface area contributed by atoms with Gasteiger partial charge in [0, 0.05) is 19.3 Å². The molecule has 0 saturated carbocycles. The van der Waals surface area contributed by atoms with E-state index in [9.17, 15) is 10.1 Å². The van der Waals surface area contributed by atoms with Gasteiger partial charge in [-0.15, -0.1) is 0 Å². The number of carbonyl (C=O) groups excluding carboxylic acids is 1. The Morgan fingerprint density at radius 2 is 2.04 bits per heavy atom. The minimum absolute atomic E-state index is 0.0212. The van der Waals surface area contributed by atoms with E-state index < -0.39 is 5.97 Å². The zero-order valence-electron chi connectivity index (χ0n) is 17.5. The Balaban J connectivity index is 3.10. The van der Waals surface area contributed by atoms with Crippen LogP contribution in [0, 0.1) is 22.7 Å². The number of nitrogens with zero attached hydrogens (tertiary/aromatic N) is 2. The second-order valence-corrected chi connectivity index (χ2v) is 8.18. The molecule has 0 spiro atoms. The van der Waals surface area contributed by atoms with Crippen LogP contribution in [-0.2, 0) is 9.53 Å². The molecular weight excluding hydrogens is 324 g/mol. The van der Waals surface area contributed by atoms with Gasteiger partial charge in [0.15, 0.2) is 0 Å². The fourth-order valence-electron chi connectivity index (χ4n) is 3.65. The fraction of sp³-hybridized carbons (Fsp3) is 0.727. The third-order valence-corrected chi connectivity index (χ3v) is 5.15. The van der Waals surface area contributed by atoms with Crippen LogP contribution >= 0.6 is 0 Å². The minimum atomic E-state index is -0.504. The maximum Gasteiger partial charge on any atom is 0.349 e. The molecule has 1 aliphatic rings. The predicted molar refractivity (Wildman–Crippen MR) is 106 cm³/mol. The lowest BCUT2D eigenvalue weighted by Gasteiger charge is -2.37. The van der Waals surface area contributed by atoms with Crippen LogP contribution in [0.2, 0.25) is 0 Å². The molecule has 0 bridgehead atoms. The van der Waals surface area contributed by atoms with Gasteiger partial charge in [-0.25, -0.2) is 4.79 Å². The van der Waals surface area contributed by atoms with Crippen LogP contribution in [0.3, 0.4) is 0 Å². The zero-order chi connectivity index (χ0) is 19.7. The minimum Gasteiger partial charge on any atom is -0.462 e. The Morgan fingerprint density at radius 3 is 2.58 bits per heavy atom. The lowest BCUT2D eigenvalue weighted by Crippen LogP contribution is -2.31. The molecule has 1 rings (SSSR count). The van der Waals surface area contributed by atoms with Gasteiger partial charge in [0.1, 0.15) is 11.6 Å². The van der Waals surface area contributed by atoms with Crippen molar-refractivity contribution in [1.29, 1.82) is 5.26 Å². The third kappa shape index (κ3) is 6.52. The van der Waals surface area contributed by atoms with Gasteiger partial charge in [-0.2, -0.15) is 5.26 Å². The number of rotatable bonds is 9. The molecular formula is C22H36N2O2. The Morgan fingerprint density at radius 1 is 1.35 bits per heavy atom. The molecule has 0 aromatic heterocycles. The van der Waals surface area contributed by atoms with Gasteiger partial charge in [0.05, 0.1) is 6.61 Å². The second kappa shape index (κ2) is 10.4. The lowest BCUT2D eigenvalue weighted by molar-refractivity contribution is -0.138. The van der Waals surface area contributed by atoms with Crippen LogP contribution in [0.4, 0.5) is 0 Å². The zero-order valence-corrected chi connectivity index (χ0v) is 17.5. The van der Waals surface area contributed by atoms with E-state index >= 15 is 0 Å². The fourth-order valence-corrected chi connectivity index (χ4v) is 3.65. The van der Waals surface area contributed by atoms with E-state index in [4.69, 9.17) is 4.74 Å². The first-order valence-electron chi connectivity index (χ1n) is 10.00. The topological polar surface area (TPSA) is 53.3 Å². The van der Waals surface area contributed by atoms with Crippen molar-refractivity contribution >= 4 is 5.97 Å². The van der Waals surface area contributed by atoms with E-state index in [-0.39, 0.29) is 17.6 Å². The summed E-state index contributed by atoms with van der Waals surface area (Å²) in [5.41, 5.74) is 2.20. The molecule has 0 fully saturated rings. The molecule has 0 radical (unpaired) electrons. The number of allylic oxidation sites excluding steroid dienone is 3. The van der Waals surface area contributed by atoms with Crippen LogP contribution < -0.4 is 0 Å². The van der Waals surface area contributed by atoms with Crippen molar-refractivity contribution in [2.24, 2.45) is 11.3 Å². The first kappa shape index (κ1) is 22.3. The first-order chi connectivity index (χ1) is 12.3. The van der Waals surface area contributed by atoms with Crippen molar-refractivity contribution in [2.75, 3.05) is 20.2 Å². The predicted octanol–water partition coefficient (Wildman–Crippen LogP) is 5.22. The average molecular weight is 361 g/mol. The number of ether oxygens (including phenoxy) is 1. The Hall–Kier alpha value is -1.76.